The number of anilines is 1. The summed E-state index contributed by atoms with van der Waals surface area (Å²) in [6.07, 6.45) is 5.09. The van der Waals surface area contributed by atoms with E-state index in [1.54, 1.807) is 18.0 Å². The number of rotatable bonds is 43. The number of nitrogens with one attached hydrogen (secondary N) is 3. The van der Waals surface area contributed by atoms with Crippen molar-refractivity contribution in [3.63, 3.8) is 0 Å². The van der Waals surface area contributed by atoms with Crippen LogP contribution in [-0.2, 0) is 35.4 Å². The average molecular weight is 1280 g/mol. The van der Waals surface area contributed by atoms with Crippen LogP contribution in [0.25, 0.3) is 0 Å². The fourth-order valence-electron chi connectivity index (χ4n) is 8.95. The van der Waals surface area contributed by atoms with Crippen LogP contribution < -0.4 is 33.9 Å². The first-order valence-corrected chi connectivity index (χ1v) is 38.6. The van der Waals surface area contributed by atoms with Gasteiger partial charge in [0.05, 0.1) is 25.2 Å². The summed E-state index contributed by atoms with van der Waals surface area (Å²) < 4.78 is 25.1. The average Bonchev–Trinajstić information content (AvgIpc) is 3.60. The van der Waals surface area contributed by atoms with Gasteiger partial charge in [-0.1, -0.05) is 73.1 Å². The van der Waals surface area contributed by atoms with E-state index >= 15 is 0 Å². The summed E-state index contributed by atoms with van der Waals surface area (Å²) in [7, 11) is 5.73. The van der Waals surface area contributed by atoms with Gasteiger partial charge < -0.3 is 38.3 Å². The molecule has 0 aliphatic carbocycles. The Hall–Kier alpha value is -4.28. The van der Waals surface area contributed by atoms with Crippen molar-refractivity contribution < 1.29 is 13.8 Å². The van der Waals surface area contributed by atoms with E-state index in [2.05, 4.69) is 138 Å². The van der Waals surface area contributed by atoms with Crippen LogP contribution in [0, 0.1) is 11.8 Å². The number of benzene rings is 4. The van der Waals surface area contributed by atoms with E-state index in [4.69, 9.17) is 64.5 Å². The van der Waals surface area contributed by atoms with Crippen molar-refractivity contribution in [1.82, 2.24) is 49.2 Å². The Bertz CT molecular complexity index is 2650. The molecule has 0 radical (unpaired) electrons. The first-order chi connectivity index (χ1) is 41.0. The van der Waals surface area contributed by atoms with Gasteiger partial charge in [0.2, 0.25) is 0 Å². The van der Waals surface area contributed by atoms with Gasteiger partial charge in [-0.25, -0.2) is 9.56 Å². The molecular formula is C62H101N14O3P3S3. The summed E-state index contributed by atoms with van der Waals surface area (Å²) in [4.78, 5) is 11.9. The minimum absolute atomic E-state index is 0.522. The maximum atomic E-state index is 6.71. The minimum Gasteiger partial charge on any atom is -0.492 e. The van der Waals surface area contributed by atoms with Gasteiger partial charge in [0, 0.05) is 96.2 Å². The lowest BCUT2D eigenvalue weighted by Gasteiger charge is -2.33. The molecule has 23 heteroatoms. The topological polar surface area (TPSA) is 127 Å². The monoisotopic (exact) mass is 1280 g/mol. The number of hydrazone groups is 3. The first kappa shape index (κ1) is 73.2. The lowest BCUT2D eigenvalue weighted by molar-refractivity contribution is 0.304. The fraction of sp³-hybridized carbons (Fsp3) is 0.532. The quantitative estimate of drug-likeness (QED) is 0.0168. The second-order valence-electron chi connectivity index (χ2n) is 20.1. The summed E-state index contributed by atoms with van der Waals surface area (Å²) >= 11 is 19.1. The Kier molecular flexibility index (Phi) is 34.1. The Balaban J connectivity index is 1.56. The van der Waals surface area contributed by atoms with Crippen LogP contribution in [0.15, 0.2) is 112 Å². The van der Waals surface area contributed by atoms with Crippen molar-refractivity contribution in [3.05, 3.63) is 119 Å². The molecule has 0 saturated heterocycles. The van der Waals surface area contributed by atoms with Crippen molar-refractivity contribution in [2.45, 2.75) is 75.7 Å². The third-order valence-electron chi connectivity index (χ3n) is 14.8. The lowest BCUT2D eigenvalue weighted by atomic mass is 10.2. The van der Waals surface area contributed by atoms with Gasteiger partial charge in [-0.2, -0.15) is 15.3 Å². The summed E-state index contributed by atoms with van der Waals surface area (Å²) in [6.45, 7) is 31.9. The SMILES string of the molecule is CC#Cc1ccc(N(CC)CCOc2ccc(/C=N/N(C)P(=S)(Oc3ccc(/C=N/N(C)P(=S)(CCCN(CC)CC)NCCN(CC)CC)cc3)Oc3ccc(/C=N/N(C)P(=S)(NCCN(CC)CC)NCCN(CC)CC)cc3)cc2)cc1. The summed E-state index contributed by atoms with van der Waals surface area (Å²) in [5.41, 5.74) is 4.75. The van der Waals surface area contributed by atoms with Gasteiger partial charge in [-0.3, -0.25) is 20.0 Å². The number of nitrogens with zero attached hydrogens (tertiary/aromatic N) is 11. The molecule has 0 bridgehead atoms. The van der Waals surface area contributed by atoms with Crippen molar-refractivity contribution in [1.29, 1.82) is 0 Å². The highest BCUT2D eigenvalue weighted by Gasteiger charge is 2.29. The molecule has 0 fully saturated rings. The maximum Gasteiger partial charge on any atom is 0.410 e. The summed E-state index contributed by atoms with van der Waals surface area (Å²) in [5, 5.41) is 25.8. The third-order valence-corrected chi connectivity index (χ3v) is 25.6. The molecule has 0 heterocycles. The number of hydrogen-bond acceptors (Lipinski definition) is 14. The van der Waals surface area contributed by atoms with Gasteiger partial charge in [0.15, 0.2) is 6.49 Å². The predicted octanol–water partition coefficient (Wildman–Crippen LogP) is 11.2. The second-order valence-corrected chi connectivity index (χ2v) is 31.9. The molecule has 4 aromatic rings. The Labute approximate surface area is 528 Å². The Morgan fingerprint density at radius 3 is 1.29 bits per heavy atom. The predicted molar refractivity (Wildman–Crippen MR) is 377 cm³/mol. The molecule has 0 aliphatic heterocycles. The smallest absolute Gasteiger partial charge is 0.410 e. The first-order valence-electron chi connectivity index (χ1n) is 30.3. The standard InChI is InChI=1S/C62H101N14O3P3S3/c1-14-25-55-26-34-59(35-27-55)76(23-10)49-50-77-60-36-28-56(29-37-60)54-65-71(13)82(85,78-61-38-30-57(31-39-61)52-63-69(11)80(83,51-24-45-72(15-2)16-3)66-42-46-73(17-4)18-5)79-62-40-32-58(33-41-62)53-64-70(12)81(84,67-43-47-74(19-6)20-7)68-44-48-75(21-8)22-9/h26-41,52-54H,15-24,42-51H2,1-13H3,(H,66,83)(H2,67,68,84)/b63-52+,64-53+,65-54+. The van der Waals surface area contributed by atoms with E-state index in [1.165, 1.54) is 0 Å². The van der Waals surface area contributed by atoms with Crippen LogP contribution in [0.4, 0.5) is 5.69 Å². The van der Waals surface area contributed by atoms with E-state index in [0.29, 0.717) is 18.1 Å². The summed E-state index contributed by atoms with van der Waals surface area (Å²) in [5.74, 6) is 7.89. The van der Waals surface area contributed by atoms with Crippen LogP contribution in [0.1, 0.15) is 97.9 Å². The van der Waals surface area contributed by atoms with E-state index in [0.717, 1.165) is 158 Å². The Morgan fingerprint density at radius 2 is 0.871 bits per heavy atom. The molecule has 2 atom stereocenters. The van der Waals surface area contributed by atoms with Crippen molar-refractivity contribution in [2.24, 2.45) is 15.3 Å². The highest BCUT2D eigenvalue weighted by Crippen LogP contribution is 2.52. The highest BCUT2D eigenvalue weighted by atomic mass is 32.5. The third kappa shape index (κ3) is 25.4. The van der Waals surface area contributed by atoms with Gasteiger partial charge in [0.25, 0.3) is 0 Å². The second kappa shape index (κ2) is 39.6. The molecule has 0 saturated carbocycles. The van der Waals surface area contributed by atoms with Gasteiger partial charge >= 0.3 is 6.64 Å². The largest absolute Gasteiger partial charge is 0.492 e. The van der Waals surface area contributed by atoms with E-state index in [-0.39, 0.29) is 0 Å². The van der Waals surface area contributed by atoms with Crippen LogP contribution in [0.5, 0.6) is 17.2 Å². The molecule has 2 unspecified atom stereocenters. The molecule has 85 heavy (non-hydrogen) atoms. The lowest BCUT2D eigenvalue weighted by Crippen LogP contribution is -2.39. The van der Waals surface area contributed by atoms with Crippen LogP contribution in [-0.4, -0.2) is 198 Å². The molecule has 470 valence electrons. The van der Waals surface area contributed by atoms with Crippen molar-refractivity contribution in [3.8, 4) is 29.1 Å². The zero-order valence-electron chi connectivity index (χ0n) is 53.3. The molecule has 0 amide bonds. The zero-order chi connectivity index (χ0) is 62.1. The minimum atomic E-state index is -3.40. The molecule has 0 aliphatic rings. The van der Waals surface area contributed by atoms with E-state index in [1.807, 2.05) is 116 Å². The summed E-state index contributed by atoms with van der Waals surface area (Å²) in [6, 6.07) is 31.5. The molecule has 0 aromatic heterocycles. The number of likely N-dealkylation sites (N-methyl/N-ethyl adjacent to an activating group) is 4. The van der Waals surface area contributed by atoms with Crippen LogP contribution >= 0.6 is 19.5 Å². The van der Waals surface area contributed by atoms with E-state index < -0.39 is 19.5 Å². The van der Waals surface area contributed by atoms with Gasteiger partial charge in [-0.05, 0) is 205 Å². The highest BCUT2D eigenvalue weighted by molar-refractivity contribution is 8.12. The van der Waals surface area contributed by atoms with Crippen molar-refractivity contribution in [2.75, 3.05) is 150 Å². The van der Waals surface area contributed by atoms with Gasteiger partial charge in [-0.15, -0.1) is 5.92 Å². The Morgan fingerprint density at radius 1 is 0.471 bits per heavy atom. The molecule has 3 N–H and O–H groups in total. The van der Waals surface area contributed by atoms with Crippen molar-refractivity contribution >= 4 is 79.2 Å². The normalized spacial score (nSPS) is 13.4. The number of ether oxygens (including phenoxy) is 1. The molecule has 4 aromatic carbocycles. The van der Waals surface area contributed by atoms with Crippen LogP contribution in [0.3, 0.4) is 0 Å². The molecule has 4 rings (SSSR count). The molecule has 0 spiro atoms. The molecule has 17 nitrogen and oxygen atoms in total. The zero-order valence-corrected chi connectivity index (χ0v) is 58.5. The molecular weight excluding hydrogens is 1180 g/mol. The van der Waals surface area contributed by atoms with E-state index in [9.17, 15) is 0 Å². The maximum absolute atomic E-state index is 6.71. The fourth-order valence-corrected chi connectivity index (χ4v) is 15.7. The number of hydrogen-bond donors (Lipinski definition) is 3. The van der Waals surface area contributed by atoms with Crippen LogP contribution in [0.2, 0.25) is 0 Å². The van der Waals surface area contributed by atoms with Gasteiger partial charge in [0.1, 0.15) is 30.2 Å².